The van der Waals surface area contributed by atoms with Gasteiger partial charge in [-0.25, -0.2) is 0 Å². The number of nitrogens with zero attached hydrogens (tertiary/aromatic N) is 2. The van der Waals surface area contributed by atoms with E-state index in [9.17, 15) is 0 Å². The highest BCUT2D eigenvalue weighted by molar-refractivity contribution is 6.18. The number of aromatic nitrogens is 1. The Morgan fingerprint density at radius 2 is 0.983 bits per heavy atom. The van der Waals surface area contributed by atoms with Crippen molar-refractivity contribution in [2.75, 3.05) is 4.90 Å². The van der Waals surface area contributed by atoms with Crippen LogP contribution in [0, 0.1) is 0 Å². The van der Waals surface area contributed by atoms with Crippen LogP contribution >= 0.6 is 0 Å². The first-order valence-electron chi connectivity index (χ1n) is 20.2. The average molecular weight is 753 g/mol. The molecule has 276 valence electrons. The molecule has 12 rings (SSSR count). The summed E-state index contributed by atoms with van der Waals surface area (Å²) in [6.45, 7) is 0. The van der Waals surface area contributed by atoms with Crippen molar-refractivity contribution < 1.29 is 4.42 Å². The Hall–Kier alpha value is -7.88. The van der Waals surface area contributed by atoms with Gasteiger partial charge in [0.1, 0.15) is 5.58 Å². The Balaban J connectivity index is 1.15. The molecule has 0 saturated carbocycles. The monoisotopic (exact) mass is 752 g/mol. The van der Waals surface area contributed by atoms with Gasteiger partial charge < -0.3 is 13.9 Å². The van der Waals surface area contributed by atoms with Crippen LogP contribution in [0.2, 0.25) is 0 Å². The Labute approximate surface area is 341 Å². The first-order chi connectivity index (χ1) is 29.3. The van der Waals surface area contributed by atoms with E-state index in [-0.39, 0.29) is 0 Å². The van der Waals surface area contributed by atoms with Gasteiger partial charge >= 0.3 is 0 Å². The second-order valence-corrected chi connectivity index (χ2v) is 15.3. The van der Waals surface area contributed by atoms with E-state index in [1.165, 1.54) is 32.6 Å². The van der Waals surface area contributed by atoms with Gasteiger partial charge in [0.05, 0.1) is 22.4 Å². The summed E-state index contributed by atoms with van der Waals surface area (Å²) in [7, 11) is 0. The maximum Gasteiger partial charge on any atom is 0.159 e. The highest BCUT2D eigenvalue weighted by Gasteiger charge is 2.24. The van der Waals surface area contributed by atoms with Gasteiger partial charge in [-0.15, -0.1) is 0 Å². The summed E-state index contributed by atoms with van der Waals surface area (Å²) in [5, 5.41) is 9.31. The van der Waals surface area contributed by atoms with Gasteiger partial charge in [-0.3, -0.25) is 0 Å². The molecule has 3 heteroatoms. The Morgan fingerprint density at radius 1 is 0.339 bits per heavy atom. The molecule has 0 radical (unpaired) electrons. The van der Waals surface area contributed by atoms with Crippen molar-refractivity contribution in [1.82, 2.24) is 4.57 Å². The van der Waals surface area contributed by atoms with E-state index in [1.807, 2.05) is 0 Å². The molecule has 0 bridgehead atoms. The summed E-state index contributed by atoms with van der Waals surface area (Å²) >= 11 is 0. The second-order valence-electron chi connectivity index (χ2n) is 15.3. The Kier molecular flexibility index (Phi) is 7.54. The first kappa shape index (κ1) is 33.3. The number of hydrogen-bond acceptors (Lipinski definition) is 2. The molecule has 10 aromatic carbocycles. The van der Waals surface area contributed by atoms with Crippen LogP contribution in [0.5, 0.6) is 0 Å². The second kappa shape index (κ2) is 13.4. The van der Waals surface area contributed by atoms with Crippen LogP contribution < -0.4 is 4.90 Å². The van der Waals surface area contributed by atoms with E-state index >= 15 is 0 Å². The molecule has 0 N–H and O–H groups in total. The van der Waals surface area contributed by atoms with Crippen molar-refractivity contribution >= 4 is 82.4 Å². The molecular weight excluding hydrogens is 717 g/mol. The number of rotatable bonds is 6. The van der Waals surface area contributed by atoms with E-state index < -0.39 is 0 Å². The molecule has 0 fully saturated rings. The standard InChI is InChI=1S/C56H36N2O/c1-3-15-38(16-4-1)49-35-42(41-27-26-37-14-7-8-18-40(37)34-41)29-32-52(49)58(54-25-13-23-47-48-31-28-39-17-9-10-21-45(39)55(48)59-56(47)54)44-30-33-53-50(36-44)46-22-11-12-24-51(46)57(53)43-19-5-2-6-20-43/h1-36H. The van der Waals surface area contributed by atoms with Crippen molar-refractivity contribution in [3.63, 3.8) is 0 Å². The highest BCUT2D eigenvalue weighted by atomic mass is 16.3. The largest absolute Gasteiger partial charge is 0.453 e. The third-order valence-electron chi connectivity index (χ3n) is 11.9. The van der Waals surface area contributed by atoms with E-state index in [4.69, 9.17) is 4.42 Å². The topological polar surface area (TPSA) is 21.3 Å². The lowest BCUT2D eigenvalue weighted by Gasteiger charge is -2.28. The number of hydrogen-bond donors (Lipinski definition) is 0. The van der Waals surface area contributed by atoms with E-state index in [2.05, 4.69) is 228 Å². The maximum atomic E-state index is 7.07. The van der Waals surface area contributed by atoms with Crippen LogP contribution in [0.4, 0.5) is 17.1 Å². The quantitative estimate of drug-likeness (QED) is 0.169. The lowest BCUT2D eigenvalue weighted by Crippen LogP contribution is -2.11. The first-order valence-corrected chi connectivity index (χ1v) is 20.2. The summed E-state index contributed by atoms with van der Waals surface area (Å²) in [5.41, 5.74) is 12.9. The predicted molar refractivity (Wildman–Crippen MR) is 249 cm³/mol. The minimum Gasteiger partial charge on any atom is -0.453 e. The molecule has 0 aliphatic carbocycles. The highest BCUT2D eigenvalue weighted by Crippen LogP contribution is 2.48. The van der Waals surface area contributed by atoms with Gasteiger partial charge in [-0.2, -0.15) is 0 Å². The molecule has 2 heterocycles. The predicted octanol–water partition coefficient (Wildman–Crippen LogP) is 15.8. The van der Waals surface area contributed by atoms with Gasteiger partial charge in [-0.05, 0) is 99.6 Å². The molecule has 0 saturated heterocycles. The molecule has 12 aromatic rings. The molecule has 0 aliphatic rings. The van der Waals surface area contributed by atoms with Gasteiger partial charge in [0.2, 0.25) is 0 Å². The third-order valence-corrected chi connectivity index (χ3v) is 11.9. The average Bonchev–Trinajstić information content (AvgIpc) is 3.86. The van der Waals surface area contributed by atoms with Gasteiger partial charge in [0, 0.05) is 43.9 Å². The van der Waals surface area contributed by atoms with Gasteiger partial charge in [0.25, 0.3) is 0 Å². The Morgan fingerprint density at radius 3 is 1.85 bits per heavy atom. The van der Waals surface area contributed by atoms with E-state index in [1.54, 1.807) is 0 Å². The zero-order chi connectivity index (χ0) is 38.9. The molecular formula is C56H36N2O. The van der Waals surface area contributed by atoms with Crippen LogP contribution in [-0.2, 0) is 0 Å². The molecule has 0 spiro atoms. The van der Waals surface area contributed by atoms with Crippen molar-refractivity contribution in [3.8, 4) is 27.9 Å². The van der Waals surface area contributed by atoms with Crippen LogP contribution in [-0.4, -0.2) is 4.57 Å². The summed E-state index contributed by atoms with van der Waals surface area (Å²) in [6, 6.07) is 78.8. The van der Waals surface area contributed by atoms with E-state index in [0.717, 1.165) is 77.7 Å². The lowest BCUT2D eigenvalue weighted by atomic mass is 9.95. The molecule has 0 aliphatic heterocycles. The summed E-state index contributed by atoms with van der Waals surface area (Å²) in [4.78, 5) is 2.41. The molecule has 0 atom stereocenters. The third kappa shape index (κ3) is 5.36. The summed E-state index contributed by atoms with van der Waals surface area (Å²) < 4.78 is 9.45. The number of anilines is 3. The van der Waals surface area contributed by atoms with Crippen molar-refractivity contribution in [2.24, 2.45) is 0 Å². The number of benzene rings is 10. The molecule has 2 aromatic heterocycles. The summed E-state index contributed by atoms with van der Waals surface area (Å²) in [5.74, 6) is 0. The summed E-state index contributed by atoms with van der Waals surface area (Å²) in [6.07, 6.45) is 0. The van der Waals surface area contributed by atoms with Crippen molar-refractivity contribution in [1.29, 1.82) is 0 Å². The smallest absolute Gasteiger partial charge is 0.159 e. The molecule has 59 heavy (non-hydrogen) atoms. The van der Waals surface area contributed by atoms with Crippen molar-refractivity contribution in [2.45, 2.75) is 0 Å². The Bertz CT molecular complexity index is 3560. The molecule has 3 nitrogen and oxygen atoms in total. The van der Waals surface area contributed by atoms with Gasteiger partial charge in [0.15, 0.2) is 5.58 Å². The number of fused-ring (bicyclic) bond motifs is 9. The number of furan rings is 1. The minimum atomic E-state index is 0.850. The fraction of sp³-hybridized carbons (Fsp3) is 0. The van der Waals surface area contributed by atoms with Crippen LogP contribution in [0.25, 0.3) is 93.2 Å². The molecule has 0 unspecified atom stereocenters. The van der Waals surface area contributed by atoms with Crippen LogP contribution in [0.3, 0.4) is 0 Å². The molecule has 0 amide bonds. The SMILES string of the molecule is c1ccc(-c2cc(-c3ccc4ccccc4c3)ccc2N(c2ccc3c(c2)c2ccccc2n3-c2ccccc2)c2cccc3c2oc2c4ccccc4ccc32)cc1. The minimum absolute atomic E-state index is 0.850. The zero-order valence-corrected chi connectivity index (χ0v) is 32.1. The van der Waals surface area contributed by atoms with Crippen LogP contribution in [0.15, 0.2) is 223 Å². The maximum absolute atomic E-state index is 7.07. The normalized spacial score (nSPS) is 11.7. The van der Waals surface area contributed by atoms with E-state index in [0.29, 0.717) is 0 Å². The van der Waals surface area contributed by atoms with Crippen LogP contribution in [0.1, 0.15) is 0 Å². The van der Waals surface area contributed by atoms with Gasteiger partial charge in [-0.1, -0.05) is 152 Å². The fourth-order valence-corrected chi connectivity index (χ4v) is 9.18. The lowest BCUT2D eigenvalue weighted by molar-refractivity contribution is 0.673. The fourth-order valence-electron chi connectivity index (χ4n) is 9.18. The van der Waals surface area contributed by atoms with Crippen molar-refractivity contribution in [3.05, 3.63) is 218 Å². The number of para-hydroxylation sites is 3. The zero-order valence-electron chi connectivity index (χ0n) is 32.1.